The maximum Gasteiger partial charge on any atom is 0.310 e. The van der Waals surface area contributed by atoms with Gasteiger partial charge in [0.15, 0.2) is 0 Å². The molecule has 2 heterocycles. The quantitative estimate of drug-likeness (QED) is 0.660. The normalized spacial score (nSPS) is 19.0. The lowest BCUT2D eigenvalue weighted by Crippen LogP contribution is -2.39. The van der Waals surface area contributed by atoms with Gasteiger partial charge in [0.1, 0.15) is 4.99 Å². The topological polar surface area (TPSA) is 68.5 Å². The van der Waals surface area contributed by atoms with Gasteiger partial charge in [-0.1, -0.05) is 12.2 Å². The minimum Gasteiger partial charge on any atom is -0.469 e. The molecule has 1 aromatic heterocycles. The number of esters is 1. The third kappa shape index (κ3) is 3.20. The standard InChI is InChI=1S/C13H17N3O2S/c1-18-13(17)9-3-2-6-16(8-9)10-4-5-15-11(7-10)12(14)19/h4-5,7,9H,2-3,6,8H2,1H3,(H2,14,19). The number of ether oxygens (including phenoxy) is 1. The molecule has 0 radical (unpaired) electrons. The second-order valence-corrected chi connectivity index (χ2v) is 5.01. The minimum absolute atomic E-state index is 0.0693. The van der Waals surface area contributed by atoms with Gasteiger partial charge < -0.3 is 15.4 Å². The van der Waals surface area contributed by atoms with E-state index < -0.39 is 0 Å². The molecule has 5 nitrogen and oxygen atoms in total. The summed E-state index contributed by atoms with van der Waals surface area (Å²) >= 11 is 4.93. The third-order valence-electron chi connectivity index (χ3n) is 3.32. The van der Waals surface area contributed by atoms with Gasteiger partial charge in [0, 0.05) is 25.0 Å². The van der Waals surface area contributed by atoms with Crippen LogP contribution in [0.5, 0.6) is 0 Å². The number of thiocarbonyl (C=S) groups is 1. The summed E-state index contributed by atoms with van der Waals surface area (Å²) in [5.41, 5.74) is 7.18. The Morgan fingerprint density at radius 2 is 2.42 bits per heavy atom. The highest BCUT2D eigenvalue weighted by atomic mass is 32.1. The third-order valence-corrected chi connectivity index (χ3v) is 3.53. The van der Waals surface area contributed by atoms with Crippen LogP contribution in [0, 0.1) is 5.92 Å². The van der Waals surface area contributed by atoms with Crippen LogP contribution in [0.1, 0.15) is 18.5 Å². The number of nitrogens with two attached hydrogens (primary N) is 1. The Morgan fingerprint density at radius 1 is 1.63 bits per heavy atom. The van der Waals surface area contributed by atoms with Crippen LogP contribution in [0.3, 0.4) is 0 Å². The maximum absolute atomic E-state index is 11.6. The summed E-state index contributed by atoms with van der Waals surface area (Å²) in [5, 5.41) is 0. The number of hydrogen-bond acceptors (Lipinski definition) is 5. The summed E-state index contributed by atoms with van der Waals surface area (Å²) in [6.07, 6.45) is 3.52. The molecule has 0 saturated carbocycles. The van der Waals surface area contributed by atoms with Crippen molar-refractivity contribution in [1.29, 1.82) is 0 Å². The van der Waals surface area contributed by atoms with Crippen molar-refractivity contribution in [3.63, 3.8) is 0 Å². The number of carbonyl (C=O) groups is 1. The average Bonchev–Trinajstić information content (AvgIpc) is 2.46. The first kappa shape index (κ1) is 13.7. The van der Waals surface area contributed by atoms with E-state index in [4.69, 9.17) is 22.7 Å². The molecule has 0 spiro atoms. The largest absolute Gasteiger partial charge is 0.469 e. The number of nitrogens with zero attached hydrogens (tertiary/aromatic N) is 2. The smallest absolute Gasteiger partial charge is 0.310 e. The molecule has 1 saturated heterocycles. The van der Waals surface area contributed by atoms with Crippen LogP contribution in [-0.4, -0.2) is 36.1 Å². The lowest BCUT2D eigenvalue weighted by Gasteiger charge is -2.33. The fourth-order valence-electron chi connectivity index (χ4n) is 2.32. The van der Waals surface area contributed by atoms with Crippen molar-refractivity contribution in [2.24, 2.45) is 11.7 Å². The predicted octanol–water partition coefficient (Wildman–Crippen LogP) is 1.11. The van der Waals surface area contributed by atoms with Crippen LogP contribution < -0.4 is 10.6 Å². The zero-order chi connectivity index (χ0) is 13.8. The molecule has 6 heteroatoms. The van der Waals surface area contributed by atoms with Gasteiger partial charge in [0.2, 0.25) is 0 Å². The highest BCUT2D eigenvalue weighted by Gasteiger charge is 2.26. The van der Waals surface area contributed by atoms with Crippen molar-refractivity contribution in [3.8, 4) is 0 Å². The first-order valence-electron chi connectivity index (χ1n) is 6.20. The van der Waals surface area contributed by atoms with E-state index in [0.717, 1.165) is 25.1 Å². The fraction of sp³-hybridized carbons (Fsp3) is 0.462. The molecular weight excluding hydrogens is 262 g/mol. The van der Waals surface area contributed by atoms with Crippen molar-refractivity contribution < 1.29 is 9.53 Å². The second-order valence-electron chi connectivity index (χ2n) is 4.57. The molecule has 19 heavy (non-hydrogen) atoms. The zero-order valence-electron chi connectivity index (χ0n) is 10.8. The van der Waals surface area contributed by atoms with Crippen LogP contribution in [0.4, 0.5) is 5.69 Å². The molecule has 1 fully saturated rings. The van der Waals surface area contributed by atoms with Crippen LogP contribution >= 0.6 is 12.2 Å². The molecule has 1 aliphatic rings. The Kier molecular flexibility index (Phi) is 4.31. The molecule has 0 aromatic carbocycles. The number of anilines is 1. The van der Waals surface area contributed by atoms with Gasteiger partial charge in [0.05, 0.1) is 18.7 Å². The van der Waals surface area contributed by atoms with Crippen molar-refractivity contribution in [3.05, 3.63) is 24.0 Å². The van der Waals surface area contributed by atoms with Crippen molar-refractivity contribution in [1.82, 2.24) is 4.98 Å². The van der Waals surface area contributed by atoms with Crippen molar-refractivity contribution >= 4 is 28.9 Å². The van der Waals surface area contributed by atoms with Gasteiger partial charge >= 0.3 is 5.97 Å². The highest BCUT2D eigenvalue weighted by Crippen LogP contribution is 2.24. The van der Waals surface area contributed by atoms with Gasteiger partial charge in [-0.05, 0) is 25.0 Å². The molecule has 1 aromatic rings. The number of methoxy groups -OCH3 is 1. The SMILES string of the molecule is COC(=O)C1CCCN(c2ccnc(C(N)=S)c2)C1. The number of piperidine rings is 1. The van der Waals surface area contributed by atoms with E-state index in [1.165, 1.54) is 7.11 Å². The van der Waals surface area contributed by atoms with Gasteiger partial charge in [-0.3, -0.25) is 9.78 Å². The number of aromatic nitrogens is 1. The average molecular weight is 279 g/mol. The van der Waals surface area contributed by atoms with Gasteiger partial charge in [0.25, 0.3) is 0 Å². The summed E-state index contributed by atoms with van der Waals surface area (Å²) in [4.78, 5) is 18.2. The predicted molar refractivity (Wildman–Crippen MR) is 77.1 cm³/mol. The molecule has 2 N–H and O–H groups in total. The van der Waals surface area contributed by atoms with Gasteiger partial charge in [-0.15, -0.1) is 0 Å². The fourth-order valence-corrected chi connectivity index (χ4v) is 2.43. The molecule has 0 aliphatic carbocycles. The maximum atomic E-state index is 11.6. The molecule has 2 rings (SSSR count). The van der Waals surface area contributed by atoms with E-state index in [2.05, 4.69) is 9.88 Å². The summed E-state index contributed by atoms with van der Waals surface area (Å²) in [5.74, 6) is -0.214. The molecular formula is C13H17N3O2S. The van der Waals surface area contributed by atoms with Crippen LogP contribution in [0.2, 0.25) is 0 Å². The minimum atomic E-state index is -0.145. The highest BCUT2D eigenvalue weighted by molar-refractivity contribution is 7.80. The number of hydrogen-bond donors (Lipinski definition) is 1. The Bertz CT molecular complexity index is 493. The zero-order valence-corrected chi connectivity index (χ0v) is 11.7. The molecule has 102 valence electrons. The Labute approximate surface area is 117 Å². The lowest BCUT2D eigenvalue weighted by atomic mass is 9.98. The van der Waals surface area contributed by atoms with E-state index in [1.807, 2.05) is 12.1 Å². The summed E-state index contributed by atoms with van der Waals surface area (Å²) in [7, 11) is 1.43. The van der Waals surface area contributed by atoms with Crippen LogP contribution in [0.25, 0.3) is 0 Å². The Hall–Kier alpha value is -1.69. The van der Waals surface area contributed by atoms with E-state index in [0.29, 0.717) is 12.2 Å². The van der Waals surface area contributed by atoms with Crippen molar-refractivity contribution in [2.75, 3.05) is 25.1 Å². The van der Waals surface area contributed by atoms with E-state index in [9.17, 15) is 4.79 Å². The Morgan fingerprint density at radius 3 is 3.11 bits per heavy atom. The summed E-state index contributed by atoms with van der Waals surface area (Å²) < 4.78 is 4.82. The molecule has 1 atom stereocenters. The summed E-state index contributed by atoms with van der Waals surface area (Å²) in [6, 6.07) is 3.77. The molecule has 1 aliphatic heterocycles. The monoisotopic (exact) mass is 279 g/mol. The first-order valence-corrected chi connectivity index (χ1v) is 6.61. The Balaban J connectivity index is 2.15. The van der Waals surface area contributed by atoms with Gasteiger partial charge in [-0.25, -0.2) is 0 Å². The van der Waals surface area contributed by atoms with Crippen LogP contribution in [0.15, 0.2) is 18.3 Å². The van der Waals surface area contributed by atoms with Gasteiger partial charge in [-0.2, -0.15) is 0 Å². The lowest BCUT2D eigenvalue weighted by molar-refractivity contribution is -0.145. The van der Waals surface area contributed by atoms with E-state index >= 15 is 0 Å². The second kappa shape index (κ2) is 5.97. The summed E-state index contributed by atoms with van der Waals surface area (Å²) in [6.45, 7) is 1.57. The van der Waals surface area contributed by atoms with Crippen LogP contribution in [-0.2, 0) is 9.53 Å². The molecule has 0 bridgehead atoms. The number of carbonyl (C=O) groups excluding carboxylic acids is 1. The molecule has 0 amide bonds. The molecule has 1 unspecified atom stereocenters. The van der Waals surface area contributed by atoms with E-state index in [-0.39, 0.29) is 16.9 Å². The van der Waals surface area contributed by atoms with Crippen molar-refractivity contribution in [2.45, 2.75) is 12.8 Å². The number of rotatable bonds is 3. The van der Waals surface area contributed by atoms with E-state index in [1.54, 1.807) is 6.20 Å². The number of pyridine rings is 1. The first-order chi connectivity index (χ1) is 9.11.